The zero-order valence-electron chi connectivity index (χ0n) is 9.88. The van der Waals surface area contributed by atoms with Gasteiger partial charge < -0.3 is 4.90 Å². The molecule has 0 atom stereocenters. The molecule has 3 aliphatic rings. The Bertz CT molecular complexity index is 357. The molecule has 0 aromatic rings. The first-order valence-corrected chi connectivity index (χ1v) is 7.75. The van der Waals surface area contributed by atoms with Crippen LogP contribution in [-0.2, 0) is 18.8 Å². The third kappa shape index (κ3) is 2.81. The van der Waals surface area contributed by atoms with Gasteiger partial charge in [0.2, 0.25) is 0 Å². The minimum absolute atomic E-state index is 0.250. The second-order valence-electron chi connectivity index (χ2n) is 5.34. The lowest BCUT2D eigenvalue weighted by Gasteiger charge is -2.36. The monoisotopic (exact) mass is 261 g/mol. The van der Waals surface area contributed by atoms with E-state index in [1.165, 1.54) is 12.8 Å². The molecule has 0 radical (unpaired) electrons. The van der Waals surface area contributed by atoms with Crippen molar-refractivity contribution in [1.29, 1.82) is 0 Å². The standard InChI is InChI=1S/C11H19NO4S/c13-17(14)15-7-10(8-16-17)9-3-5-12(6-4-9)11-1-2-11/h9-11H,1-8H2. The Morgan fingerprint density at radius 1 is 0.882 bits per heavy atom. The molecule has 0 N–H and O–H groups in total. The zero-order chi connectivity index (χ0) is 11.9. The molecular weight excluding hydrogens is 242 g/mol. The molecular formula is C11H19NO4S. The third-order valence-electron chi connectivity index (χ3n) is 4.16. The van der Waals surface area contributed by atoms with Gasteiger partial charge in [0.25, 0.3) is 0 Å². The summed E-state index contributed by atoms with van der Waals surface area (Å²) in [5.41, 5.74) is 0. The van der Waals surface area contributed by atoms with Gasteiger partial charge in [-0.2, -0.15) is 8.42 Å². The van der Waals surface area contributed by atoms with Crippen LogP contribution in [0.1, 0.15) is 25.7 Å². The SMILES string of the molecule is O=S1(=O)OCC(C2CCN(C3CC3)CC2)CO1. The summed E-state index contributed by atoms with van der Waals surface area (Å²) in [6.07, 6.45) is 5.01. The number of hydrogen-bond donors (Lipinski definition) is 0. The maximum atomic E-state index is 11.0. The molecule has 98 valence electrons. The molecule has 0 aromatic carbocycles. The fourth-order valence-electron chi connectivity index (χ4n) is 2.89. The van der Waals surface area contributed by atoms with Gasteiger partial charge in [0, 0.05) is 12.0 Å². The first-order chi connectivity index (χ1) is 8.14. The van der Waals surface area contributed by atoms with Crippen LogP contribution in [0.4, 0.5) is 0 Å². The van der Waals surface area contributed by atoms with Gasteiger partial charge in [0.05, 0.1) is 13.2 Å². The van der Waals surface area contributed by atoms with Gasteiger partial charge in [-0.15, -0.1) is 0 Å². The number of nitrogens with zero attached hydrogens (tertiary/aromatic N) is 1. The highest BCUT2D eigenvalue weighted by molar-refractivity contribution is 7.81. The summed E-state index contributed by atoms with van der Waals surface area (Å²) in [5, 5.41) is 0. The topological polar surface area (TPSA) is 55.8 Å². The van der Waals surface area contributed by atoms with Crippen molar-refractivity contribution >= 4 is 10.4 Å². The van der Waals surface area contributed by atoms with E-state index < -0.39 is 10.4 Å². The largest absolute Gasteiger partial charge is 0.399 e. The van der Waals surface area contributed by atoms with Gasteiger partial charge in [-0.25, -0.2) is 8.37 Å². The Labute approximate surface area is 102 Å². The van der Waals surface area contributed by atoms with Crippen molar-refractivity contribution in [2.24, 2.45) is 11.8 Å². The molecule has 0 amide bonds. The summed E-state index contributed by atoms with van der Waals surface area (Å²) in [5.74, 6) is 0.806. The quantitative estimate of drug-likeness (QED) is 0.735. The van der Waals surface area contributed by atoms with Gasteiger partial charge in [0.1, 0.15) is 0 Å². The van der Waals surface area contributed by atoms with Crippen LogP contribution in [0.15, 0.2) is 0 Å². The summed E-state index contributed by atoms with van der Waals surface area (Å²) >= 11 is 0. The Morgan fingerprint density at radius 3 is 2.00 bits per heavy atom. The predicted molar refractivity (Wildman–Crippen MR) is 61.6 cm³/mol. The highest BCUT2D eigenvalue weighted by Crippen LogP contribution is 2.34. The van der Waals surface area contributed by atoms with E-state index in [0.29, 0.717) is 19.1 Å². The van der Waals surface area contributed by atoms with E-state index in [-0.39, 0.29) is 5.92 Å². The third-order valence-corrected chi connectivity index (χ3v) is 5.01. The minimum Gasteiger partial charge on any atom is -0.300 e. The van der Waals surface area contributed by atoms with Crippen molar-refractivity contribution in [3.63, 3.8) is 0 Å². The fraction of sp³-hybridized carbons (Fsp3) is 1.00. The Kier molecular flexibility index (Phi) is 3.15. The first kappa shape index (κ1) is 11.9. The Hall–Kier alpha value is -0.170. The Balaban J connectivity index is 1.49. The minimum atomic E-state index is -3.68. The van der Waals surface area contributed by atoms with Crippen LogP contribution >= 0.6 is 0 Å². The first-order valence-electron chi connectivity index (χ1n) is 6.42. The van der Waals surface area contributed by atoms with Crippen molar-refractivity contribution in [2.45, 2.75) is 31.7 Å². The van der Waals surface area contributed by atoms with Crippen LogP contribution in [0.5, 0.6) is 0 Å². The molecule has 2 aliphatic heterocycles. The van der Waals surface area contributed by atoms with E-state index in [2.05, 4.69) is 4.90 Å². The van der Waals surface area contributed by atoms with Gasteiger partial charge in [0.15, 0.2) is 0 Å². The van der Waals surface area contributed by atoms with Crippen LogP contribution in [0.25, 0.3) is 0 Å². The van der Waals surface area contributed by atoms with E-state index in [1.807, 2.05) is 0 Å². The molecule has 0 aromatic heterocycles. The lowest BCUT2D eigenvalue weighted by molar-refractivity contribution is 0.0420. The van der Waals surface area contributed by atoms with E-state index in [1.54, 1.807) is 0 Å². The molecule has 0 spiro atoms. The molecule has 0 bridgehead atoms. The molecule has 3 fully saturated rings. The van der Waals surface area contributed by atoms with Crippen LogP contribution in [0.2, 0.25) is 0 Å². The summed E-state index contributed by atoms with van der Waals surface area (Å²) in [7, 11) is -3.68. The number of rotatable bonds is 2. The van der Waals surface area contributed by atoms with E-state index in [9.17, 15) is 8.42 Å². The smallest absolute Gasteiger partial charge is 0.300 e. The second kappa shape index (κ2) is 4.50. The maximum Gasteiger partial charge on any atom is 0.399 e. The molecule has 1 aliphatic carbocycles. The van der Waals surface area contributed by atoms with E-state index in [4.69, 9.17) is 8.37 Å². The van der Waals surface area contributed by atoms with Gasteiger partial charge in [-0.1, -0.05) is 0 Å². The molecule has 5 nitrogen and oxygen atoms in total. The van der Waals surface area contributed by atoms with Crippen LogP contribution < -0.4 is 0 Å². The van der Waals surface area contributed by atoms with Gasteiger partial charge in [-0.3, -0.25) is 0 Å². The molecule has 17 heavy (non-hydrogen) atoms. The lowest BCUT2D eigenvalue weighted by atomic mass is 9.85. The molecule has 1 saturated carbocycles. The molecule has 2 saturated heterocycles. The zero-order valence-corrected chi connectivity index (χ0v) is 10.7. The van der Waals surface area contributed by atoms with Crippen LogP contribution in [0, 0.1) is 11.8 Å². The Morgan fingerprint density at radius 2 is 1.47 bits per heavy atom. The molecule has 0 unspecified atom stereocenters. The second-order valence-corrected chi connectivity index (χ2v) is 6.63. The summed E-state index contributed by atoms with van der Waals surface area (Å²) < 4.78 is 31.5. The van der Waals surface area contributed by atoms with Crippen molar-refractivity contribution in [1.82, 2.24) is 4.90 Å². The van der Waals surface area contributed by atoms with Gasteiger partial charge in [-0.05, 0) is 44.7 Å². The van der Waals surface area contributed by atoms with Crippen molar-refractivity contribution < 1.29 is 16.8 Å². The molecule has 6 heteroatoms. The lowest BCUT2D eigenvalue weighted by Crippen LogP contribution is -2.41. The number of piperidine rings is 1. The predicted octanol–water partition coefficient (Wildman–Crippen LogP) is 0.769. The van der Waals surface area contributed by atoms with Crippen molar-refractivity contribution in [2.75, 3.05) is 26.3 Å². The average molecular weight is 261 g/mol. The highest BCUT2D eigenvalue weighted by atomic mass is 32.3. The van der Waals surface area contributed by atoms with Gasteiger partial charge >= 0.3 is 10.4 Å². The van der Waals surface area contributed by atoms with Crippen LogP contribution in [0.3, 0.4) is 0 Å². The van der Waals surface area contributed by atoms with Crippen molar-refractivity contribution in [3.8, 4) is 0 Å². The number of hydrogen-bond acceptors (Lipinski definition) is 5. The van der Waals surface area contributed by atoms with E-state index >= 15 is 0 Å². The summed E-state index contributed by atoms with van der Waals surface area (Å²) in [4.78, 5) is 2.57. The molecule has 2 heterocycles. The van der Waals surface area contributed by atoms with Crippen molar-refractivity contribution in [3.05, 3.63) is 0 Å². The summed E-state index contributed by atoms with van der Waals surface area (Å²) in [6, 6.07) is 0.843. The normalized spacial score (nSPS) is 32.7. The number of likely N-dealkylation sites (tertiary alicyclic amines) is 1. The average Bonchev–Trinajstić information content (AvgIpc) is 3.13. The van der Waals surface area contributed by atoms with Crippen LogP contribution in [-0.4, -0.2) is 45.7 Å². The fourth-order valence-corrected chi connectivity index (χ4v) is 3.64. The molecule has 3 rings (SSSR count). The maximum absolute atomic E-state index is 11.0. The highest BCUT2D eigenvalue weighted by Gasteiger charge is 2.36. The van der Waals surface area contributed by atoms with E-state index in [0.717, 1.165) is 32.0 Å². The summed E-state index contributed by atoms with van der Waals surface area (Å²) in [6.45, 7) is 2.91.